The van der Waals surface area contributed by atoms with Gasteiger partial charge in [-0.2, -0.15) is 9.97 Å². The average Bonchev–Trinajstić information content (AvgIpc) is 3.29. The third-order valence-corrected chi connectivity index (χ3v) is 4.78. The lowest BCUT2D eigenvalue weighted by Gasteiger charge is -2.07. The summed E-state index contributed by atoms with van der Waals surface area (Å²) < 4.78 is 15.3. The van der Waals surface area contributed by atoms with E-state index in [0.29, 0.717) is 40.1 Å². The van der Waals surface area contributed by atoms with E-state index in [2.05, 4.69) is 30.2 Å². The second-order valence-corrected chi connectivity index (χ2v) is 7.08. The number of halogens is 3. The molecule has 144 valence electrons. The molecule has 29 heavy (non-hydrogen) atoms. The Morgan fingerprint density at radius 3 is 2.83 bits per heavy atom. The highest BCUT2D eigenvalue weighted by atomic mass is 35.5. The van der Waals surface area contributed by atoms with Crippen molar-refractivity contribution in [2.24, 2.45) is 0 Å². The fourth-order valence-corrected chi connectivity index (χ4v) is 3.43. The molecule has 0 unspecified atom stereocenters. The van der Waals surface area contributed by atoms with E-state index in [4.69, 9.17) is 23.2 Å². The van der Waals surface area contributed by atoms with Crippen LogP contribution < -0.4 is 5.32 Å². The van der Waals surface area contributed by atoms with Crippen molar-refractivity contribution in [1.82, 2.24) is 29.5 Å². The molecule has 2 N–H and O–H groups in total. The number of hydrogen-bond acceptors (Lipinski definition) is 5. The number of hydrogen-bond donors (Lipinski definition) is 2. The number of H-pyrrole nitrogens is 1. The zero-order chi connectivity index (χ0) is 20.0. The largest absolute Gasteiger partial charge is 0.361 e. The highest BCUT2D eigenvalue weighted by Crippen LogP contribution is 2.24. The van der Waals surface area contributed by atoms with Crippen molar-refractivity contribution in [3.63, 3.8) is 0 Å². The Morgan fingerprint density at radius 2 is 1.97 bits per heavy atom. The molecule has 0 saturated carbocycles. The molecule has 0 atom stereocenters. The Morgan fingerprint density at radius 1 is 1.07 bits per heavy atom. The lowest BCUT2D eigenvalue weighted by atomic mass is 10.3. The molecule has 0 amide bonds. The molecule has 0 fully saturated rings. The highest BCUT2D eigenvalue weighted by Gasteiger charge is 2.14. The molecule has 2 aromatic carbocycles. The van der Waals surface area contributed by atoms with E-state index in [0.717, 1.165) is 11.0 Å². The maximum absolute atomic E-state index is 13.6. The van der Waals surface area contributed by atoms with Crippen molar-refractivity contribution in [1.29, 1.82) is 0 Å². The third kappa shape index (κ3) is 3.37. The summed E-state index contributed by atoms with van der Waals surface area (Å²) >= 11 is 12.1. The standard InChI is InChI=1S/C19H12Cl2FN7/c20-10-4-5-13-14(6-10)26-15(25-13)8-23-17-16-18(28-19(21)27-17)29(9-24-16)12-3-1-2-11(22)7-12/h1-7,9H,8H2,(H,25,26)(H,23,27,28). The van der Waals surface area contributed by atoms with E-state index < -0.39 is 0 Å². The Hall–Kier alpha value is -3.23. The van der Waals surface area contributed by atoms with Crippen LogP contribution in [0.5, 0.6) is 0 Å². The number of aromatic amines is 1. The molecule has 0 bridgehead atoms. The number of imidazole rings is 2. The van der Waals surface area contributed by atoms with Crippen LogP contribution in [-0.2, 0) is 6.54 Å². The van der Waals surface area contributed by atoms with E-state index in [9.17, 15) is 4.39 Å². The molecule has 0 saturated heterocycles. The van der Waals surface area contributed by atoms with Crippen LogP contribution >= 0.6 is 23.2 Å². The van der Waals surface area contributed by atoms with Gasteiger partial charge in [0, 0.05) is 5.02 Å². The van der Waals surface area contributed by atoms with Gasteiger partial charge in [-0.3, -0.25) is 4.57 Å². The van der Waals surface area contributed by atoms with Crippen LogP contribution in [0.25, 0.3) is 27.9 Å². The fourth-order valence-electron chi connectivity index (χ4n) is 3.09. The van der Waals surface area contributed by atoms with Crippen LogP contribution in [-0.4, -0.2) is 29.5 Å². The molecule has 5 aromatic rings. The monoisotopic (exact) mass is 427 g/mol. The summed E-state index contributed by atoms with van der Waals surface area (Å²) in [7, 11) is 0. The van der Waals surface area contributed by atoms with Gasteiger partial charge in [0.15, 0.2) is 17.0 Å². The third-order valence-electron chi connectivity index (χ3n) is 4.37. The van der Waals surface area contributed by atoms with E-state index in [1.54, 1.807) is 35.2 Å². The molecule has 0 aliphatic rings. The van der Waals surface area contributed by atoms with Crippen molar-refractivity contribution < 1.29 is 4.39 Å². The van der Waals surface area contributed by atoms with Crippen molar-refractivity contribution >= 4 is 51.2 Å². The van der Waals surface area contributed by atoms with E-state index >= 15 is 0 Å². The number of rotatable bonds is 4. The fraction of sp³-hybridized carbons (Fsp3) is 0.0526. The second-order valence-electron chi connectivity index (χ2n) is 6.31. The Balaban J connectivity index is 1.49. The molecule has 0 spiro atoms. The molecule has 0 aliphatic carbocycles. The lowest BCUT2D eigenvalue weighted by molar-refractivity contribution is 0.626. The molecule has 3 heterocycles. The summed E-state index contributed by atoms with van der Waals surface area (Å²) in [5, 5.41) is 3.86. The SMILES string of the molecule is Fc1cccc(-n2cnc3c(NCc4nc5cc(Cl)ccc5[nH]4)nc(Cl)nc32)c1. The quantitative estimate of drug-likeness (QED) is 0.404. The van der Waals surface area contributed by atoms with Crippen molar-refractivity contribution in [2.45, 2.75) is 6.54 Å². The van der Waals surface area contributed by atoms with Gasteiger partial charge in [0.25, 0.3) is 0 Å². The predicted octanol–water partition coefficient (Wildman–Crippen LogP) is 4.75. The number of fused-ring (bicyclic) bond motifs is 2. The van der Waals surface area contributed by atoms with Gasteiger partial charge in [-0.05, 0) is 48.0 Å². The summed E-state index contributed by atoms with van der Waals surface area (Å²) in [6, 6.07) is 11.6. The van der Waals surface area contributed by atoms with Crippen LogP contribution in [0.1, 0.15) is 5.82 Å². The zero-order valence-corrected chi connectivity index (χ0v) is 16.2. The first-order chi connectivity index (χ1) is 14.1. The Kier molecular flexibility index (Phi) is 4.30. The lowest BCUT2D eigenvalue weighted by Crippen LogP contribution is -2.05. The van der Waals surface area contributed by atoms with Gasteiger partial charge in [0.1, 0.15) is 18.0 Å². The highest BCUT2D eigenvalue weighted by molar-refractivity contribution is 6.31. The van der Waals surface area contributed by atoms with Crippen LogP contribution in [0, 0.1) is 5.82 Å². The minimum absolute atomic E-state index is 0.0505. The molecule has 0 radical (unpaired) electrons. The molecular weight excluding hydrogens is 416 g/mol. The van der Waals surface area contributed by atoms with Gasteiger partial charge in [0.2, 0.25) is 5.28 Å². The Bertz CT molecular complexity index is 1360. The molecule has 7 nitrogen and oxygen atoms in total. The van der Waals surface area contributed by atoms with Crippen LogP contribution in [0.3, 0.4) is 0 Å². The predicted molar refractivity (Wildman–Crippen MR) is 110 cm³/mol. The summed E-state index contributed by atoms with van der Waals surface area (Å²) in [5.74, 6) is 0.802. The number of nitrogens with zero attached hydrogens (tertiary/aromatic N) is 5. The first-order valence-corrected chi connectivity index (χ1v) is 9.37. The molecule has 3 aromatic heterocycles. The van der Waals surface area contributed by atoms with Gasteiger partial charge in [-0.25, -0.2) is 14.4 Å². The molecular formula is C19H12Cl2FN7. The molecule has 0 aliphatic heterocycles. The number of benzene rings is 2. The van der Waals surface area contributed by atoms with Crippen molar-refractivity contribution in [3.05, 3.63) is 70.7 Å². The zero-order valence-electron chi connectivity index (χ0n) is 14.7. The van der Waals surface area contributed by atoms with Crippen molar-refractivity contribution in [3.8, 4) is 5.69 Å². The summed E-state index contributed by atoms with van der Waals surface area (Å²) in [6.45, 7) is 0.363. The van der Waals surface area contributed by atoms with Crippen LogP contribution in [0.4, 0.5) is 10.2 Å². The average molecular weight is 428 g/mol. The number of nitrogens with one attached hydrogen (secondary N) is 2. The van der Waals surface area contributed by atoms with Gasteiger partial charge in [0.05, 0.1) is 23.3 Å². The normalized spacial score (nSPS) is 11.4. The minimum atomic E-state index is -0.354. The van der Waals surface area contributed by atoms with Gasteiger partial charge >= 0.3 is 0 Å². The van der Waals surface area contributed by atoms with Gasteiger partial charge < -0.3 is 10.3 Å². The van der Waals surface area contributed by atoms with Gasteiger partial charge in [-0.15, -0.1) is 0 Å². The van der Waals surface area contributed by atoms with Crippen LogP contribution in [0.2, 0.25) is 10.3 Å². The summed E-state index contributed by atoms with van der Waals surface area (Å²) in [5.41, 5.74) is 3.22. The van der Waals surface area contributed by atoms with Crippen LogP contribution in [0.15, 0.2) is 48.8 Å². The molecule has 10 heteroatoms. The van der Waals surface area contributed by atoms with E-state index in [1.165, 1.54) is 12.1 Å². The van der Waals surface area contributed by atoms with Crippen molar-refractivity contribution in [2.75, 3.05) is 5.32 Å². The molecule has 5 rings (SSSR count). The topological polar surface area (TPSA) is 84.3 Å². The number of anilines is 1. The van der Waals surface area contributed by atoms with E-state index in [-0.39, 0.29) is 11.1 Å². The first-order valence-electron chi connectivity index (χ1n) is 8.61. The minimum Gasteiger partial charge on any atom is -0.361 e. The first kappa shape index (κ1) is 17.8. The second kappa shape index (κ2) is 6.98. The van der Waals surface area contributed by atoms with E-state index in [1.807, 2.05) is 6.07 Å². The maximum atomic E-state index is 13.6. The number of aromatic nitrogens is 6. The summed E-state index contributed by atoms with van der Waals surface area (Å²) in [6.07, 6.45) is 1.55. The Labute approximate surface area is 173 Å². The smallest absolute Gasteiger partial charge is 0.226 e. The van der Waals surface area contributed by atoms with Gasteiger partial charge in [-0.1, -0.05) is 17.7 Å². The summed E-state index contributed by atoms with van der Waals surface area (Å²) in [4.78, 5) is 20.6. The maximum Gasteiger partial charge on any atom is 0.226 e.